The van der Waals surface area contributed by atoms with E-state index < -0.39 is 0 Å². The van der Waals surface area contributed by atoms with Crippen molar-refractivity contribution in [3.8, 4) is 5.75 Å². The molecule has 1 fully saturated rings. The lowest BCUT2D eigenvalue weighted by molar-refractivity contribution is 0.131. The van der Waals surface area contributed by atoms with Crippen LogP contribution in [0.4, 0.5) is 0 Å². The highest BCUT2D eigenvalue weighted by Gasteiger charge is 2.15. The Kier molecular flexibility index (Phi) is 5.86. The number of hydrazone groups is 1. The van der Waals surface area contributed by atoms with Gasteiger partial charge in [-0.1, -0.05) is 48.5 Å². The number of aromatic hydroxyl groups is 1. The number of nitrogens with zero attached hydrogens (tertiary/aromatic N) is 3. The van der Waals surface area contributed by atoms with E-state index in [1.807, 2.05) is 18.2 Å². The summed E-state index contributed by atoms with van der Waals surface area (Å²) < 4.78 is 0. The van der Waals surface area contributed by atoms with Gasteiger partial charge >= 0.3 is 0 Å². The molecule has 0 atom stereocenters. The van der Waals surface area contributed by atoms with Crippen molar-refractivity contribution in [3.63, 3.8) is 0 Å². The molecule has 0 bridgehead atoms. The summed E-state index contributed by atoms with van der Waals surface area (Å²) in [5.74, 6) is 0.300. The van der Waals surface area contributed by atoms with E-state index in [4.69, 9.17) is 0 Å². The third kappa shape index (κ3) is 4.70. The summed E-state index contributed by atoms with van der Waals surface area (Å²) in [6, 6.07) is 16.3. The van der Waals surface area contributed by atoms with Crippen molar-refractivity contribution in [2.45, 2.75) is 13.0 Å². The SMILES string of the molecule is C=CCc1cccc(C=NN2CCN(Cc3ccccc3)CC2)c1O. The molecule has 2 aromatic carbocycles. The molecule has 0 saturated carbocycles. The van der Waals surface area contributed by atoms with E-state index in [2.05, 4.69) is 51.9 Å². The fourth-order valence-electron chi connectivity index (χ4n) is 3.03. The number of hydrogen-bond donors (Lipinski definition) is 1. The molecule has 1 N–H and O–H groups in total. The quantitative estimate of drug-likeness (QED) is 0.650. The average Bonchev–Trinajstić information content (AvgIpc) is 2.65. The molecular formula is C21H25N3O. The van der Waals surface area contributed by atoms with E-state index >= 15 is 0 Å². The van der Waals surface area contributed by atoms with Crippen molar-refractivity contribution in [2.24, 2.45) is 5.10 Å². The monoisotopic (exact) mass is 335 g/mol. The minimum atomic E-state index is 0.300. The number of para-hydroxylation sites is 1. The summed E-state index contributed by atoms with van der Waals surface area (Å²) in [7, 11) is 0. The first-order valence-electron chi connectivity index (χ1n) is 8.73. The molecule has 130 valence electrons. The second-order valence-corrected chi connectivity index (χ2v) is 6.31. The lowest BCUT2D eigenvalue weighted by Crippen LogP contribution is -2.43. The number of rotatable bonds is 6. The fourth-order valence-corrected chi connectivity index (χ4v) is 3.03. The number of allylic oxidation sites excluding steroid dienone is 1. The van der Waals surface area contributed by atoms with Crippen LogP contribution in [0.25, 0.3) is 0 Å². The maximum Gasteiger partial charge on any atom is 0.127 e. The topological polar surface area (TPSA) is 39.1 Å². The molecular weight excluding hydrogens is 310 g/mol. The summed E-state index contributed by atoms with van der Waals surface area (Å²) in [6.45, 7) is 8.50. The van der Waals surface area contributed by atoms with Crippen LogP contribution in [-0.2, 0) is 13.0 Å². The highest BCUT2D eigenvalue weighted by Crippen LogP contribution is 2.22. The van der Waals surface area contributed by atoms with E-state index in [9.17, 15) is 5.11 Å². The standard InChI is InChI=1S/C21H25N3O/c1-2-7-19-10-6-11-20(21(19)25)16-22-24-14-12-23(13-15-24)17-18-8-4-3-5-9-18/h2-6,8-11,16,25H,1,7,12-15,17H2. The first kappa shape index (κ1) is 17.2. The molecule has 0 aliphatic carbocycles. The second kappa shape index (κ2) is 8.49. The van der Waals surface area contributed by atoms with Crippen LogP contribution in [0.2, 0.25) is 0 Å². The predicted molar refractivity (Wildman–Crippen MR) is 103 cm³/mol. The summed E-state index contributed by atoms with van der Waals surface area (Å²) >= 11 is 0. The third-order valence-corrected chi connectivity index (χ3v) is 4.47. The van der Waals surface area contributed by atoms with Gasteiger partial charge in [0.1, 0.15) is 5.75 Å². The Morgan fingerprint density at radius 3 is 2.48 bits per heavy atom. The lowest BCUT2D eigenvalue weighted by Gasteiger charge is -2.33. The Balaban J connectivity index is 1.54. The van der Waals surface area contributed by atoms with Crippen molar-refractivity contribution in [3.05, 3.63) is 77.9 Å². The molecule has 1 saturated heterocycles. The van der Waals surface area contributed by atoms with Crippen LogP contribution >= 0.6 is 0 Å². The number of phenolic OH excluding ortho intramolecular Hbond substituents is 1. The van der Waals surface area contributed by atoms with Crippen molar-refractivity contribution < 1.29 is 5.11 Å². The highest BCUT2D eigenvalue weighted by atomic mass is 16.3. The Hall–Kier alpha value is -2.59. The minimum Gasteiger partial charge on any atom is -0.507 e. The van der Waals surface area contributed by atoms with Crippen LogP contribution in [0.3, 0.4) is 0 Å². The molecule has 0 unspecified atom stereocenters. The Morgan fingerprint density at radius 2 is 1.76 bits per heavy atom. The van der Waals surface area contributed by atoms with Gasteiger partial charge in [-0.15, -0.1) is 6.58 Å². The number of phenols is 1. The van der Waals surface area contributed by atoms with Gasteiger partial charge in [-0.25, -0.2) is 0 Å². The Bertz CT molecular complexity index is 719. The van der Waals surface area contributed by atoms with Crippen molar-refractivity contribution in [1.29, 1.82) is 0 Å². The normalized spacial score (nSPS) is 15.6. The summed E-state index contributed by atoms with van der Waals surface area (Å²) in [4.78, 5) is 2.45. The van der Waals surface area contributed by atoms with Gasteiger partial charge in [-0.2, -0.15) is 5.10 Å². The highest BCUT2D eigenvalue weighted by molar-refractivity contribution is 5.83. The molecule has 3 rings (SSSR count). The molecule has 4 heteroatoms. The first-order chi connectivity index (χ1) is 12.3. The summed E-state index contributed by atoms with van der Waals surface area (Å²) in [6.07, 6.45) is 4.21. The number of piperazine rings is 1. The molecule has 1 heterocycles. The van der Waals surface area contributed by atoms with Crippen molar-refractivity contribution in [2.75, 3.05) is 26.2 Å². The molecule has 0 radical (unpaired) electrons. The largest absolute Gasteiger partial charge is 0.507 e. The maximum atomic E-state index is 10.3. The van der Waals surface area contributed by atoms with Gasteiger partial charge in [-0.05, 0) is 23.6 Å². The summed E-state index contributed by atoms with van der Waals surface area (Å²) in [5.41, 5.74) is 2.99. The number of benzene rings is 2. The van der Waals surface area contributed by atoms with Gasteiger partial charge in [0.15, 0.2) is 0 Å². The van der Waals surface area contributed by atoms with Crippen LogP contribution in [0.5, 0.6) is 5.75 Å². The van der Waals surface area contributed by atoms with E-state index in [-0.39, 0.29) is 0 Å². The van der Waals surface area contributed by atoms with Gasteiger partial charge in [0.2, 0.25) is 0 Å². The third-order valence-electron chi connectivity index (χ3n) is 4.47. The van der Waals surface area contributed by atoms with E-state index in [0.717, 1.165) is 43.9 Å². The molecule has 0 aromatic heterocycles. The average molecular weight is 335 g/mol. The second-order valence-electron chi connectivity index (χ2n) is 6.31. The van der Waals surface area contributed by atoms with E-state index in [1.165, 1.54) is 5.56 Å². The van der Waals surface area contributed by atoms with Crippen LogP contribution in [0.1, 0.15) is 16.7 Å². The zero-order valence-corrected chi connectivity index (χ0v) is 14.5. The molecule has 2 aromatic rings. The smallest absolute Gasteiger partial charge is 0.127 e. The van der Waals surface area contributed by atoms with E-state index in [1.54, 1.807) is 12.3 Å². The molecule has 0 spiro atoms. The van der Waals surface area contributed by atoms with Gasteiger partial charge < -0.3 is 5.11 Å². The fraction of sp³-hybridized carbons (Fsp3) is 0.286. The van der Waals surface area contributed by atoms with Crippen LogP contribution in [-0.4, -0.2) is 47.4 Å². The molecule has 1 aliphatic rings. The van der Waals surface area contributed by atoms with Gasteiger partial charge in [0, 0.05) is 38.3 Å². The lowest BCUT2D eigenvalue weighted by atomic mass is 10.1. The molecule has 0 amide bonds. The molecule has 25 heavy (non-hydrogen) atoms. The van der Waals surface area contributed by atoms with Crippen LogP contribution in [0.15, 0.2) is 66.3 Å². The number of hydrogen-bond acceptors (Lipinski definition) is 4. The molecule has 1 aliphatic heterocycles. The maximum absolute atomic E-state index is 10.3. The van der Waals surface area contributed by atoms with Gasteiger partial charge in [0.25, 0.3) is 0 Å². The minimum absolute atomic E-state index is 0.300. The summed E-state index contributed by atoms with van der Waals surface area (Å²) in [5, 5.41) is 16.9. The Morgan fingerprint density at radius 1 is 1.00 bits per heavy atom. The van der Waals surface area contributed by atoms with Crippen molar-refractivity contribution >= 4 is 6.21 Å². The zero-order valence-electron chi connectivity index (χ0n) is 14.5. The Labute approximate surface area is 149 Å². The van der Waals surface area contributed by atoms with Gasteiger partial charge in [-0.3, -0.25) is 9.91 Å². The van der Waals surface area contributed by atoms with Gasteiger partial charge in [0.05, 0.1) is 6.21 Å². The predicted octanol–water partition coefficient (Wildman–Crippen LogP) is 3.27. The van der Waals surface area contributed by atoms with Crippen LogP contribution < -0.4 is 0 Å². The molecule has 4 nitrogen and oxygen atoms in total. The van der Waals surface area contributed by atoms with Crippen LogP contribution in [0, 0.1) is 0 Å². The van der Waals surface area contributed by atoms with Crippen molar-refractivity contribution in [1.82, 2.24) is 9.91 Å². The first-order valence-corrected chi connectivity index (χ1v) is 8.73. The van der Waals surface area contributed by atoms with E-state index in [0.29, 0.717) is 12.2 Å². The zero-order chi connectivity index (χ0) is 17.5.